The Morgan fingerprint density at radius 2 is 2.13 bits per heavy atom. The molecule has 1 aromatic heterocycles. The largest absolute Gasteiger partial charge is 0.439 e. The van der Waals surface area contributed by atoms with Crippen molar-refractivity contribution >= 4 is 22.7 Å². The van der Waals surface area contributed by atoms with E-state index in [1.165, 1.54) is 0 Å². The van der Waals surface area contributed by atoms with E-state index in [2.05, 4.69) is 18.8 Å². The molecule has 0 aliphatic carbocycles. The maximum atomic E-state index is 6.05. The van der Waals surface area contributed by atoms with Gasteiger partial charge in [0.15, 0.2) is 11.5 Å². The highest BCUT2D eigenvalue weighted by molar-refractivity contribution is 6.34. The molecule has 0 aliphatic rings. The highest BCUT2D eigenvalue weighted by atomic mass is 35.5. The maximum absolute atomic E-state index is 6.05. The van der Waals surface area contributed by atoms with Crippen LogP contribution in [0.3, 0.4) is 0 Å². The van der Waals surface area contributed by atoms with Crippen LogP contribution in [-0.4, -0.2) is 4.98 Å². The number of hydrogen-bond donors (Lipinski definition) is 0. The van der Waals surface area contributed by atoms with Crippen molar-refractivity contribution in [3.8, 4) is 0 Å². The van der Waals surface area contributed by atoms with Crippen LogP contribution in [0.5, 0.6) is 0 Å². The molecule has 0 saturated heterocycles. The fourth-order valence-corrected chi connectivity index (χ4v) is 1.77. The molecule has 2 aromatic rings. The minimum Gasteiger partial charge on any atom is -0.439 e. The van der Waals surface area contributed by atoms with Gasteiger partial charge in [0.05, 0.1) is 5.02 Å². The third-order valence-electron chi connectivity index (χ3n) is 2.32. The number of benzene rings is 1. The molecule has 0 atom stereocenters. The third-order valence-corrected chi connectivity index (χ3v) is 2.62. The zero-order valence-corrected chi connectivity index (χ0v) is 9.93. The standard InChI is InChI=1S/C12H14ClNO/c1-7(2)6-10-14-11-8(3)4-5-9(13)12(11)15-10/h4-5,7H,6H2,1-3H3. The van der Waals surface area contributed by atoms with Gasteiger partial charge in [-0.2, -0.15) is 0 Å². The second-order valence-corrected chi connectivity index (χ2v) is 4.65. The van der Waals surface area contributed by atoms with Gasteiger partial charge in [0, 0.05) is 6.42 Å². The van der Waals surface area contributed by atoms with Gasteiger partial charge in [0.2, 0.25) is 0 Å². The predicted molar refractivity (Wildman–Crippen MR) is 62.3 cm³/mol. The summed E-state index contributed by atoms with van der Waals surface area (Å²) in [4.78, 5) is 4.46. The van der Waals surface area contributed by atoms with E-state index in [0.717, 1.165) is 23.4 Å². The van der Waals surface area contributed by atoms with Gasteiger partial charge in [-0.15, -0.1) is 0 Å². The van der Waals surface area contributed by atoms with Crippen LogP contribution in [0, 0.1) is 12.8 Å². The van der Waals surface area contributed by atoms with Gasteiger partial charge in [0.25, 0.3) is 0 Å². The first kappa shape index (κ1) is 10.5. The number of fused-ring (bicyclic) bond motifs is 1. The van der Waals surface area contributed by atoms with Crippen molar-refractivity contribution in [1.29, 1.82) is 0 Å². The average Bonchev–Trinajstić information content (AvgIpc) is 2.55. The Kier molecular flexibility index (Phi) is 2.70. The van der Waals surface area contributed by atoms with E-state index in [1.807, 2.05) is 19.1 Å². The van der Waals surface area contributed by atoms with Crippen LogP contribution in [0.2, 0.25) is 5.02 Å². The van der Waals surface area contributed by atoms with Crippen LogP contribution in [-0.2, 0) is 6.42 Å². The minimum absolute atomic E-state index is 0.539. The molecule has 15 heavy (non-hydrogen) atoms. The Morgan fingerprint density at radius 1 is 1.40 bits per heavy atom. The SMILES string of the molecule is Cc1ccc(Cl)c2oc(CC(C)C)nc12. The predicted octanol–water partition coefficient (Wildman–Crippen LogP) is 3.99. The van der Waals surface area contributed by atoms with Crippen LogP contribution in [0.1, 0.15) is 25.3 Å². The number of halogens is 1. The second kappa shape index (κ2) is 3.86. The van der Waals surface area contributed by atoms with Crippen LogP contribution >= 0.6 is 11.6 Å². The smallest absolute Gasteiger partial charge is 0.195 e. The quantitative estimate of drug-likeness (QED) is 0.770. The van der Waals surface area contributed by atoms with E-state index < -0.39 is 0 Å². The number of aryl methyl sites for hydroxylation is 1. The molecule has 0 amide bonds. The summed E-state index contributed by atoms with van der Waals surface area (Å²) in [6.45, 7) is 6.30. The number of aromatic nitrogens is 1. The molecular weight excluding hydrogens is 210 g/mol. The normalized spacial score (nSPS) is 11.5. The van der Waals surface area contributed by atoms with Crippen molar-refractivity contribution in [1.82, 2.24) is 4.98 Å². The Hall–Kier alpha value is -1.02. The van der Waals surface area contributed by atoms with Crippen molar-refractivity contribution in [3.63, 3.8) is 0 Å². The van der Waals surface area contributed by atoms with E-state index >= 15 is 0 Å². The Bertz CT molecular complexity index is 449. The van der Waals surface area contributed by atoms with E-state index in [1.54, 1.807) is 0 Å². The Balaban J connectivity index is 2.54. The molecule has 0 aliphatic heterocycles. The zero-order chi connectivity index (χ0) is 11.0. The van der Waals surface area contributed by atoms with Gasteiger partial charge >= 0.3 is 0 Å². The molecular formula is C12H14ClNO. The summed E-state index contributed by atoms with van der Waals surface area (Å²) < 4.78 is 5.65. The topological polar surface area (TPSA) is 26.0 Å². The lowest BCUT2D eigenvalue weighted by Crippen LogP contribution is -1.93. The van der Waals surface area contributed by atoms with E-state index in [-0.39, 0.29) is 0 Å². The molecule has 0 bridgehead atoms. The van der Waals surface area contributed by atoms with E-state index in [9.17, 15) is 0 Å². The maximum Gasteiger partial charge on any atom is 0.195 e. The molecule has 1 heterocycles. The molecule has 2 nitrogen and oxygen atoms in total. The van der Waals surface area contributed by atoms with Crippen LogP contribution in [0.25, 0.3) is 11.1 Å². The summed E-state index contributed by atoms with van der Waals surface area (Å²) in [6.07, 6.45) is 0.852. The minimum atomic E-state index is 0.539. The lowest BCUT2D eigenvalue weighted by atomic mass is 10.1. The summed E-state index contributed by atoms with van der Waals surface area (Å²) >= 11 is 6.05. The molecule has 80 valence electrons. The van der Waals surface area contributed by atoms with Gasteiger partial charge in [-0.1, -0.05) is 31.5 Å². The first-order valence-corrected chi connectivity index (χ1v) is 5.50. The van der Waals surface area contributed by atoms with Gasteiger partial charge in [-0.05, 0) is 24.5 Å². The van der Waals surface area contributed by atoms with E-state index in [4.69, 9.17) is 16.0 Å². The van der Waals surface area contributed by atoms with Crippen molar-refractivity contribution in [2.24, 2.45) is 5.92 Å². The number of rotatable bonds is 2. The fraction of sp³-hybridized carbons (Fsp3) is 0.417. The Labute approximate surface area is 94.3 Å². The second-order valence-electron chi connectivity index (χ2n) is 4.25. The molecule has 0 N–H and O–H groups in total. The van der Waals surface area contributed by atoms with Crippen LogP contribution < -0.4 is 0 Å². The van der Waals surface area contributed by atoms with Crippen molar-refractivity contribution in [3.05, 3.63) is 28.6 Å². The van der Waals surface area contributed by atoms with E-state index in [0.29, 0.717) is 16.5 Å². The third kappa shape index (κ3) is 2.00. The fourth-order valence-electron chi connectivity index (χ4n) is 1.58. The van der Waals surface area contributed by atoms with Crippen molar-refractivity contribution < 1.29 is 4.42 Å². The summed E-state index contributed by atoms with van der Waals surface area (Å²) in [5.41, 5.74) is 2.71. The van der Waals surface area contributed by atoms with Crippen LogP contribution in [0.15, 0.2) is 16.5 Å². The van der Waals surface area contributed by atoms with Gasteiger partial charge in [-0.25, -0.2) is 4.98 Å². The molecule has 3 heteroatoms. The number of hydrogen-bond acceptors (Lipinski definition) is 2. The lowest BCUT2D eigenvalue weighted by molar-refractivity contribution is 0.482. The number of oxazole rings is 1. The molecule has 0 spiro atoms. The highest BCUT2D eigenvalue weighted by Gasteiger charge is 2.11. The number of nitrogens with zero attached hydrogens (tertiary/aromatic N) is 1. The van der Waals surface area contributed by atoms with Crippen molar-refractivity contribution in [2.75, 3.05) is 0 Å². The molecule has 0 unspecified atom stereocenters. The van der Waals surface area contributed by atoms with Crippen LogP contribution in [0.4, 0.5) is 0 Å². The Morgan fingerprint density at radius 3 is 2.73 bits per heavy atom. The van der Waals surface area contributed by atoms with Crippen molar-refractivity contribution in [2.45, 2.75) is 27.2 Å². The lowest BCUT2D eigenvalue weighted by Gasteiger charge is -1.97. The first-order chi connectivity index (χ1) is 7.08. The summed E-state index contributed by atoms with van der Waals surface area (Å²) in [6, 6.07) is 3.82. The average molecular weight is 224 g/mol. The summed E-state index contributed by atoms with van der Waals surface area (Å²) in [5.74, 6) is 1.31. The first-order valence-electron chi connectivity index (χ1n) is 5.12. The molecule has 1 aromatic carbocycles. The molecule has 0 radical (unpaired) electrons. The van der Waals surface area contributed by atoms with Gasteiger partial charge < -0.3 is 4.42 Å². The van der Waals surface area contributed by atoms with Gasteiger partial charge in [-0.3, -0.25) is 0 Å². The summed E-state index contributed by atoms with van der Waals surface area (Å²) in [7, 11) is 0. The molecule has 2 rings (SSSR count). The summed E-state index contributed by atoms with van der Waals surface area (Å²) in [5, 5.41) is 0.637. The zero-order valence-electron chi connectivity index (χ0n) is 9.17. The highest BCUT2D eigenvalue weighted by Crippen LogP contribution is 2.27. The van der Waals surface area contributed by atoms with Gasteiger partial charge in [0.1, 0.15) is 5.52 Å². The monoisotopic (exact) mass is 223 g/mol. The molecule has 0 saturated carbocycles. The molecule has 0 fully saturated rings.